The Hall–Kier alpha value is -3.93. The molecular weight excluding hydrogens is 416 g/mol. The molecule has 9 heteroatoms. The molecule has 2 fully saturated rings. The van der Waals surface area contributed by atoms with E-state index >= 15 is 0 Å². The highest BCUT2D eigenvalue weighted by atomic mass is 16.1. The molecule has 0 aliphatic heterocycles. The predicted molar refractivity (Wildman–Crippen MR) is 120 cm³/mol. The molecule has 2 saturated carbocycles. The molecule has 4 aromatic rings. The van der Waals surface area contributed by atoms with Crippen molar-refractivity contribution in [2.24, 2.45) is 0 Å². The molecule has 3 atom stereocenters. The normalized spacial score (nSPS) is 20.8. The van der Waals surface area contributed by atoms with E-state index in [1.807, 2.05) is 19.2 Å². The lowest BCUT2D eigenvalue weighted by atomic mass is 9.72. The molecule has 0 bridgehead atoms. The molecule has 4 heterocycles. The fourth-order valence-corrected chi connectivity index (χ4v) is 4.65. The van der Waals surface area contributed by atoms with Gasteiger partial charge in [-0.15, -0.1) is 0 Å². The molecule has 9 nitrogen and oxygen atoms in total. The third-order valence-corrected chi connectivity index (χ3v) is 6.88. The van der Waals surface area contributed by atoms with Crippen LogP contribution in [0.15, 0.2) is 41.6 Å². The van der Waals surface area contributed by atoms with Crippen LogP contribution in [-0.4, -0.2) is 34.7 Å². The molecule has 6 rings (SSSR count). The number of nitriles is 1. The second-order valence-electron chi connectivity index (χ2n) is 8.92. The quantitative estimate of drug-likeness (QED) is 0.506. The number of aromatic amines is 1. The standard InChI is InChI=1S/C24H22N8O/c1-13(15-5-8-18(28-12-15)14-3-4-14)32-23-20(19(11-25)31-32)24(33)30-22(29-23)17-7-6-16(17)21-26-9-2-10-27-21/h2,5,8-10,12-14,16-17H,3-4,6-7H2,1H3,(H,29,30,33)/t13?,16-,17-/m0/s1. The van der Waals surface area contributed by atoms with Crippen LogP contribution in [0.3, 0.4) is 0 Å². The van der Waals surface area contributed by atoms with E-state index in [-0.39, 0.29) is 34.5 Å². The average Bonchev–Trinajstić information content (AvgIpc) is 3.59. The minimum Gasteiger partial charge on any atom is -0.310 e. The monoisotopic (exact) mass is 438 g/mol. The van der Waals surface area contributed by atoms with Crippen molar-refractivity contribution in [1.29, 1.82) is 5.26 Å². The second kappa shape index (κ2) is 7.59. The predicted octanol–water partition coefficient (Wildman–Crippen LogP) is 3.32. The van der Waals surface area contributed by atoms with Gasteiger partial charge in [0.15, 0.2) is 11.3 Å². The van der Waals surface area contributed by atoms with Gasteiger partial charge >= 0.3 is 0 Å². The van der Waals surface area contributed by atoms with Crippen LogP contribution >= 0.6 is 0 Å². The Morgan fingerprint density at radius 2 is 1.91 bits per heavy atom. The van der Waals surface area contributed by atoms with E-state index in [1.54, 1.807) is 23.1 Å². The topological polar surface area (TPSA) is 126 Å². The summed E-state index contributed by atoms with van der Waals surface area (Å²) >= 11 is 0. The maximum Gasteiger partial charge on any atom is 0.263 e. The maximum atomic E-state index is 13.0. The van der Waals surface area contributed by atoms with Crippen molar-refractivity contribution in [3.8, 4) is 6.07 Å². The Morgan fingerprint density at radius 3 is 2.55 bits per heavy atom. The van der Waals surface area contributed by atoms with Gasteiger partial charge in [-0.25, -0.2) is 19.6 Å². The summed E-state index contributed by atoms with van der Waals surface area (Å²) < 4.78 is 1.67. The van der Waals surface area contributed by atoms with Crippen LogP contribution in [0.25, 0.3) is 11.0 Å². The molecule has 164 valence electrons. The zero-order valence-electron chi connectivity index (χ0n) is 18.1. The van der Waals surface area contributed by atoms with Gasteiger partial charge in [-0.3, -0.25) is 9.78 Å². The van der Waals surface area contributed by atoms with E-state index in [0.717, 1.165) is 29.9 Å². The van der Waals surface area contributed by atoms with Crippen LogP contribution in [0, 0.1) is 11.3 Å². The first-order valence-corrected chi connectivity index (χ1v) is 11.3. The second-order valence-corrected chi connectivity index (χ2v) is 8.92. The minimum atomic E-state index is -0.341. The van der Waals surface area contributed by atoms with E-state index in [1.165, 1.54) is 12.8 Å². The van der Waals surface area contributed by atoms with Crippen molar-refractivity contribution in [2.75, 3.05) is 0 Å². The van der Waals surface area contributed by atoms with Crippen molar-refractivity contribution >= 4 is 11.0 Å². The summed E-state index contributed by atoms with van der Waals surface area (Å²) in [5.41, 5.74) is 2.23. The Labute approximate surface area is 189 Å². The molecule has 33 heavy (non-hydrogen) atoms. The first-order chi connectivity index (χ1) is 16.1. The zero-order chi connectivity index (χ0) is 22.5. The molecular formula is C24H22N8O. The Bertz CT molecular complexity index is 1430. The van der Waals surface area contributed by atoms with Crippen LogP contribution in [0.4, 0.5) is 0 Å². The van der Waals surface area contributed by atoms with E-state index in [0.29, 0.717) is 17.4 Å². The van der Waals surface area contributed by atoms with Gasteiger partial charge in [0, 0.05) is 42.0 Å². The number of rotatable bonds is 5. The summed E-state index contributed by atoms with van der Waals surface area (Å²) in [5.74, 6) is 2.06. The SMILES string of the molecule is CC(c1ccc(C2CC2)nc1)n1nc(C#N)c2c(=O)[nH]c([C@H]3CC[C@@H]3c3ncccn3)nc21. The number of hydrogen-bond donors (Lipinski definition) is 1. The third kappa shape index (κ3) is 3.30. The zero-order valence-corrected chi connectivity index (χ0v) is 18.1. The molecule has 0 saturated heterocycles. The van der Waals surface area contributed by atoms with Crippen molar-refractivity contribution in [1.82, 2.24) is 34.7 Å². The first-order valence-electron chi connectivity index (χ1n) is 11.3. The first kappa shape index (κ1) is 19.7. The highest BCUT2D eigenvalue weighted by molar-refractivity contribution is 5.80. The Balaban J connectivity index is 1.41. The van der Waals surface area contributed by atoms with E-state index in [4.69, 9.17) is 4.98 Å². The molecule has 1 N–H and O–H groups in total. The summed E-state index contributed by atoms with van der Waals surface area (Å²) in [6.45, 7) is 1.98. The summed E-state index contributed by atoms with van der Waals surface area (Å²) in [4.78, 5) is 34.1. The van der Waals surface area contributed by atoms with Crippen LogP contribution in [0.1, 0.15) is 85.0 Å². The van der Waals surface area contributed by atoms with Crippen LogP contribution < -0.4 is 5.56 Å². The van der Waals surface area contributed by atoms with Crippen molar-refractivity contribution < 1.29 is 0 Å². The smallest absolute Gasteiger partial charge is 0.263 e. The minimum absolute atomic E-state index is 0.0215. The lowest BCUT2D eigenvalue weighted by Crippen LogP contribution is -2.28. The molecule has 0 amide bonds. The number of nitrogens with zero attached hydrogens (tertiary/aromatic N) is 7. The van der Waals surface area contributed by atoms with Gasteiger partial charge in [0.1, 0.15) is 23.1 Å². The fraction of sp³-hybridized carbons (Fsp3) is 0.375. The van der Waals surface area contributed by atoms with E-state index in [2.05, 4.69) is 37.2 Å². The number of pyridine rings is 1. The lowest BCUT2D eigenvalue weighted by Gasteiger charge is -2.34. The molecule has 0 radical (unpaired) electrons. The number of fused-ring (bicyclic) bond motifs is 1. The van der Waals surface area contributed by atoms with Crippen molar-refractivity contribution in [3.63, 3.8) is 0 Å². The fourth-order valence-electron chi connectivity index (χ4n) is 4.65. The van der Waals surface area contributed by atoms with Gasteiger partial charge in [-0.1, -0.05) is 6.07 Å². The van der Waals surface area contributed by atoms with Crippen molar-refractivity contribution in [2.45, 2.75) is 56.4 Å². The number of nitrogens with one attached hydrogen (secondary N) is 1. The third-order valence-electron chi connectivity index (χ3n) is 6.88. The molecule has 1 unspecified atom stereocenters. The summed E-state index contributed by atoms with van der Waals surface area (Å²) in [6, 6.07) is 7.72. The van der Waals surface area contributed by atoms with Crippen LogP contribution in [0.2, 0.25) is 0 Å². The lowest BCUT2D eigenvalue weighted by molar-refractivity contribution is 0.319. The highest BCUT2D eigenvalue weighted by Crippen LogP contribution is 2.46. The summed E-state index contributed by atoms with van der Waals surface area (Å²) in [5, 5.41) is 14.3. The Kier molecular flexibility index (Phi) is 4.54. The largest absolute Gasteiger partial charge is 0.310 e. The molecule has 2 aliphatic carbocycles. The molecule has 2 aliphatic rings. The maximum absolute atomic E-state index is 13.0. The highest BCUT2D eigenvalue weighted by Gasteiger charge is 2.38. The van der Waals surface area contributed by atoms with Crippen molar-refractivity contribution in [3.05, 3.63) is 75.7 Å². The number of aromatic nitrogens is 7. The Morgan fingerprint density at radius 1 is 1.12 bits per heavy atom. The average molecular weight is 438 g/mol. The van der Waals surface area contributed by atoms with Gasteiger partial charge in [0.25, 0.3) is 5.56 Å². The van der Waals surface area contributed by atoms with Gasteiger partial charge in [0.2, 0.25) is 0 Å². The van der Waals surface area contributed by atoms with E-state index < -0.39 is 0 Å². The summed E-state index contributed by atoms with van der Waals surface area (Å²) in [6.07, 6.45) is 9.55. The number of hydrogen-bond acceptors (Lipinski definition) is 7. The summed E-state index contributed by atoms with van der Waals surface area (Å²) in [7, 11) is 0. The van der Waals surface area contributed by atoms with Gasteiger partial charge in [-0.05, 0) is 50.3 Å². The van der Waals surface area contributed by atoms with Gasteiger partial charge in [0.05, 0.1) is 6.04 Å². The molecule has 4 aromatic heterocycles. The number of H-pyrrole nitrogens is 1. The molecule has 0 aromatic carbocycles. The van der Waals surface area contributed by atoms with Gasteiger partial charge in [-0.2, -0.15) is 10.4 Å². The van der Waals surface area contributed by atoms with Crippen LogP contribution in [0.5, 0.6) is 0 Å². The van der Waals surface area contributed by atoms with Crippen LogP contribution in [-0.2, 0) is 0 Å². The van der Waals surface area contributed by atoms with Gasteiger partial charge < -0.3 is 4.98 Å². The molecule has 0 spiro atoms. The van der Waals surface area contributed by atoms with E-state index in [9.17, 15) is 10.1 Å².